The highest BCUT2D eigenvalue weighted by Gasteiger charge is 2.36. The number of hydrogen-bond acceptors (Lipinski definition) is 1. The van der Waals surface area contributed by atoms with Crippen LogP contribution in [0.1, 0.15) is 42.3 Å². The molecule has 0 aromatic heterocycles. The van der Waals surface area contributed by atoms with Gasteiger partial charge in [0, 0.05) is 16.2 Å². The van der Waals surface area contributed by atoms with Crippen LogP contribution in [0.25, 0.3) is 5.57 Å². The van der Waals surface area contributed by atoms with Crippen molar-refractivity contribution >= 4 is 23.0 Å². The number of carbonyl (C=O) groups excluding carboxylic acids is 1. The van der Waals surface area contributed by atoms with E-state index in [0.29, 0.717) is 10.6 Å². The van der Waals surface area contributed by atoms with Gasteiger partial charge in [-0.15, -0.1) is 0 Å². The SMILES string of the molecule is CC(C)(C)C1=C(c2ccccc2)c2ccc(Cl)cc2C1=O. The molecule has 0 saturated carbocycles. The molecule has 0 fully saturated rings. The van der Waals surface area contributed by atoms with Gasteiger partial charge in [-0.3, -0.25) is 4.79 Å². The van der Waals surface area contributed by atoms with Gasteiger partial charge < -0.3 is 0 Å². The van der Waals surface area contributed by atoms with Gasteiger partial charge in [0.1, 0.15) is 0 Å². The topological polar surface area (TPSA) is 17.1 Å². The fraction of sp³-hybridized carbons (Fsp3) is 0.211. The lowest BCUT2D eigenvalue weighted by Crippen LogP contribution is -2.16. The first-order valence-corrected chi connectivity index (χ1v) is 7.42. The molecule has 0 unspecified atom stereocenters. The fourth-order valence-corrected chi connectivity index (χ4v) is 3.10. The third-order valence-electron chi connectivity index (χ3n) is 3.79. The van der Waals surface area contributed by atoms with Gasteiger partial charge in [-0.25, -0.2) is 0 Å². The Morgan fingerprint density at radius 2 is 1.57 bits per heavy atom. The van der Waals surface area contributed by atoms with E-state index in [2.05, 4.69) is 32.9 Å². The van der Waals surface area contributed by atoms with Gasteiger partial charge in [-0.05, 0) is 34.2 Å². The largest absolute Gasteiger partial charge is 0.289 e. The van der Waals surface area contributed by atoms with E-state index in [1.165, 1.54) is 0 Å². The summed E-state index contributed by atoms with van der Waals surface area (Å²) in [5.74, 6) is 0.0962. The van der Waals surface area contributed by atoms with Crippen LogP contribution in [0, 0.1) is 5.41 Å². The molecule has 0 bridgehead atoms. The predicted octanol–water partition coefficient (Wildman–Crippen LogP) is 5.38. The van der Waals surface area contributed by atoms with Crippen LogP contribution in [0.15, 0.2) is 54.1 Å². The summed E-state index contributed by atoms with van der Waals surface area (Å²) in [6.07, 6.45) is 0. The third-order valence-corrected chi connectivity index (χ3v) is 4.02. The van der Waals surface area contributed by atoms with Crippen LogP contribution in [-0.2, 0) is 0 Å². The molecule has 2 aromatic rings. The van der Waals surface area contributed by atoms with Crippen LogP contribution in [0.5, 0.6) is 0 Å². The van der Waals surface area contributed by atoms with Gasteiger partial charge in [0.25, 0.3) is 0 Å². The van der Waals surface area contributed by atoms with Crippen LogP contribution in [-0.4, -0.2) is 5.78 Å². The molecule has 1 aliphatic rings. The molecule has 0 amide bonds. The molecule has 3 rings (SSSR count). The van der Waals surface area contributed by atoms with E-state index in [1.54, 1.807) is 6.07 Å². The summed E-state index contributed by atoms with van der Waals surface area (Å²) >= 11 is 6.07. The molecule has 106 valence electrons. The molecule has 1 nitrogen and oxygen atoms in total. The van der Waals surface area contributed by atoms with Crippen LogP contribution >= 0.6 is 11.6 Å². The van der Waals surface area contributed by atoms with Gasteiger partial charge in [0.2, 0.25) is 0 Å². The number of halogens is 1. The second-order valence-corrected chi connectivity index (χ2v) is 6.82. The standard InChI is InChI=1S/C19H17ClO/c1-19(2,3)17-16(12-7-5-4-6-8-12)14-10-9-13(20)11-15(14)18(17)21/h4-11H,1-3H3. The van der Waals surface area contributed by atoms with Gasteiger partial charge in [-0.2, -0.15) is 0 Å². The summed E-state index contributed by atoms with van der Waals surface area (Å²) in [4.78, 5) is 12.9. The molecule has 0 N–H and O–H groups in total. The van der Waals surface area contributed by atoms with E-state index >= 15 is 0 Å². The zero-order valence-electron chi connectivity index (χ0n) is 12.4. The second-order valence-electron chi connectivity index (χ2n) is 6.39. The van der Waals surface area contributed by atoms with Gasteiger partial charge in [0.15, 0.2) is 5.78 Å². The lowest BCUT2D eigenvalue weighted by atomic mass is 9.81. The zero-order chi connectivity index (χ0) is 15.2. The third kappa shape index (κ3) is 2.32. The monoisotopic (exact) mass is 296 g/mol. The number of fused-ring (bicyclic) bond motifs is 1. The smallest absolute Gasteiger partial charge is 0.190 e. The van der Waals surface area contributed by atoms with Crippen LogP contribution in [0.3, 0.4) is 0 Å². The number of Topliss-reactive ketones (excluding diaryl/α,β-unsaturated/α-hetero) is 1. The van der Waals surface area contributed by atoms with Crippen molar-refractivity contribution in [2.75, 3.05) is 0 Å². The molecule has 21 heavy (non-hydrogen) atoms. The number of ketones is 1. The predicted molar refractivity (Wildman–Crippen MR) is 87.7 cm³/mol. The lowest BCUT2D eigenvalue weighted by molar-refractivity contribution is 0.101. The number of allylic oxidation sites excluding steroid dienone is 1. The number of benzene rings is 2. The van der Waals surface area contributed by atoms with Crippen LogP contribution < -0.4 is 0 Å². The summed E-state index contributed by atoms with van der Waals surface area (Å²) in [7, 11) is 0. The average Bonchev–Trinajstić information content (AvgIpc) is 2.73. The first kappa shape index (κ1) is 14.1. The van der Waals surface area contributed by atoms with Crippen molar-refractivity contribution in [3.63, 3.8) is 0 Å². The van der Waals surface area contributed by atoms with Crippen molar-refractivity contribution in [2.45, 2.75) is 20.8 Å². The van der Waals surface area contributed by atoms with Gasteiger partial charge >= 0.3 is 0 Å². The Morgan fingerprint density at radius 3 is 2.19 bits per heavy atom. The fourth-order valence-electron chi connectivity index (χ4n) is 2.93. The van der Waals surface area contributed by atoms with Crippen molar-refractivity contribution in [2.24, 2.45) is 5.41 Å². The highest BCUT2D eigenvalue weighted by Crippen LogP contribution is 2.45. The van der Waals surface area contributed by atoms with E-state index in [-0.39, 0.29) is 11.2 Å². The Bertz CT molecular complexity index is 749. The highest BCUT2D eigenvalue weighted by atomic mass is 35.5. The lowest BCUT2D eigenvalue weighted by Gasteiger charge is -2.21. The van der Waals surface area contributed by atoms with Crippen LogP contribution in [0.2, 0.25) is 5.02 Å². The van der Waals surface area contributed by atoms with Crippen molar-refractivity contribution < 1.29 is 4.79 Å². The average molecular weight is 297 g/mol. The molecular weight excluding hydrogens is 280 g/mol. The molecule has 1 aliphatic carbocycles. The van der Waals surface area contributed by atoms with Gasteiger partial charge in [0.05, 0.1) is 0 Å². The summed E-state index contributed by atoms with van der Waals surface area (Å²) < 4.78 is 0. The molecule has 0 atom stereocenters. The van der Waals surface area contributed by atoms with Gasteiger partial charge in [-0.1, -0.05) is 68.8 Å². The van der Waals surface area contributed by atoms with Crippen molar-refractivity contribution in [1.29, 1.82) is 0 Å². The van der Waals surface area contributed by atoms with Crippen molar-refractivity contribution in [1.82, 2.24) is 0 Å². The van der Waals surface area contributed by atoms with E-state index in [0.717, 1.165) is 22.3 Å². The second kappa shape index (κ2) is 4.85. The molecule has 0 heterocycles. The molecule has 2 aromatic carbocycles. The normalized spacial score (nSPS) is 14.6. The Balaban J connectivity index is 2.34. The number of rotatable bonds is 1. The van der Waals surface area contributed by atoms with E-state index in [4.69, 9.17) is 11.6 Å². The first-order chi connectivity index (χ1) is 9.89. The van der Waals surface area contributed by atoms with E-state index in [1.807, 2.05) is 30.3 Å². The molecule has 0 saturated heterocycles. The molecular formula is C19H17ClO. The zero-order valence-corrected chi connectivity index (χ0v) is 13.2. The molecule has 0 spiro atoms. The Labute approximate surface area is 130 Å². The molecule has 0 aliphatic heterocycles. The minimum Gasteiger partial charge on any atom is -0.289 e. The minimum atomic E-state index is -0.215. The maximum absolute atomic E-state index is 12.9. The Kier molecular flexibility index (Phi) is 3.26. The quantitative estimate of drug-likeness (QED) is 0.690. The summed E-state index contributed by atoms with van der Waals surface area (Å²) in [6, 6.07) is 15.7. The van der Waals surface area contributed by atoms with Crippen molar-refractivity contribution in [3.8, 4) is 0 Å². The maximum atomic E-state index is 12.9. The number of carbonyl (C=O) groups is 1. The molecule has 0 radical (unpaired) electrons. The Hall–Kier alpha value is -1.86. The summed E-state index contributed by atoms with van der Waals surface area (Å²) in [6.45, 7) is 6.24. The minimum absolute atomic E-state index is 0.0962. The summed E-state index contributed by atoms with van der Waals surface area (Å²) in [5, 5.41) is 0.602. The van der Waals surface area contributed by atoms with Crippen LogP contribution in [0.4, 0.5) is 0 Å². The summed E-state index contributed by atoms with van der Waals surface area (Å²) in [5.41, 5.74) is 4.47. The van der Waals surface area contributed by atoms with E-state index < -0.39 is 0 Å². The van der Waals surface area contributed by atoms with E-state index in [9.17, 15) is 4.79 Å². The highest BCUT2D eigenvalue weighted by molar-refractivity contribution is 6.32. The maximum Gasteiger partial charge on any atom is 0.190 e. The molecule has 2 heteroatoms. The number of hydrogen-bond donors (Lipinski definition) is 0. The first-order valence-electron chi connectivity index (χ1n) is 7.04. The Morgan fingerprint density at radius 1 is 0.905 bits per heavy atom. The van der Waals surface area contributed by atoms with Crippen molar-refractivity contribution in [3.05, 3.63) is 75.8 Å².